The molecule has 2 aromatic carbocycles. The zero-order valence-electron chi connectivity index (χ0n) is 13.2. The van der Waals surface area contributed by atoms with Crippen LogP contribution in [0.2, 0.25) is 0 Å². The maximum absolute atomic E-state index is 12.2. The maximum Gasteiger partial charge on any atom is 0.319 e. The zero-order chi connectivity index (χ0) is 16.4. The van der Waals surface area contributed by atoms with Crippen molar-refractivity contribution in [1.29, 1.82) is 0 Å². The highest BCUT2D eigenvalue weighted by atomic mass is 16.2. The molecule has 24 heavy (non-hydrogen) atoms. The fourth-order valence-electron chi connectivity index (χ4n) is 3.11. The van der Waals surface area contributed by atoms with Crippen LogP contribution in [0.1, 0.15) is 12.0 Å². The first-order valence-corrected chi connectivity index (χ1v) is 8.11. The van der Waals surface area contributed by atoms with E-state index >= 15 is 0 Å². The SMILES string of the molecule is O=C(NCC1CCc2ccccc2N1)Nc1cccc2[nH]ncc12. The standard InChI is InChI=1S/C18H19N5O/c24-18(22-16-6-3-7-17-14(16)11-20-23-17)19-10-13-9-8-12-4-1-2-5-15(12)21-13/h1-7,11,13,21H,8-10H2,(H,20,23)(H2,19,22,24). The molecule has 1 unspecified atom stereocenters. The van der Waals surface area contributed by atoms with Gasteiger partial charge in [0.15, 0.2) is 0 Å². The van der Waals surface area contributed by atoms with E-state index in [0.29, 0.717) is 6.54 Å². The Balaban J connectivity index is 1.35. The molecule has 1 aromatic heterocycles. The van der Waals surface area contributed by atoms with Crippen LogP contribution in [0.25, 0.3) is 10.9 Å². The summed E-state index contributed by atoms with van der Waals surface area (Å²) in [6.45, 7) is 0.585. The Labute approximate surface area is 139 Å². The van der Waals surface area contributed by atoms with Crippen LogP contribution >= 0.6 is 0 Å². The second-order valence-electron chi connectivity index (χ2n) is 6.01. The largest absolute Gasteiger partial charge is 0.380 e. The molecule has 3 aromatic rings. The van der Waals surface area contributed by atoms with Crippen molar-refractivity contribution in [3.8, 4) is 0 Å². The molecule has 0 fully saturated rings. The molecule has 2 amide bonds. The van der Waals surface area contributed by atoms with E-state index in [1.165, 1.54) is 11.3 Å². The lowest BCUT2D eigenvalue weighted by atomic mass is 9.98. The highest BCUT2D eigenvalue weighted by Crippen LogP contribution is 2.24. The third-order valence-electron chi connectivity index (χ3n) is 4.38. The van der Waals surface area contributed by atoms with Gasteiger partial charge in [0.1, 0.15) is 0 Å². The van der Waals surface area contributed by atoms with Crippen molar-refractivity contribution >= 4 is 28.3 Å². The fourth-order valence-corrected chi connectivity index (χ4v) is 3.11. The van der Waals surface area contributed by atoms with Crippen molar-refractivity contribution in [2.45, 2.75) is 18.9 Å². The number of hydrogen-bond donors (Lipinski definition) is 4. The normalized spacial score (nSPS) is 16.2. The molecule has 1 aliphatic heterocycles. The number of rotatable bonds is 3. The van der Waals surface area contributed by atoms with Crippen molar-refractivity contribution in [3.63, 3.8) is 0 Å². The van der Waals surface area contributed by atoms with Gasteiger partial charge in [0.2, 0.25) is 0 Å². The molecule has 6 nitrogen and oxygen atoms in total. The summed E-state index contributed by atoms with van der Waals surface area (Å²) in [5, 5.41) is 17.1. The number of H-pyrrole nitrogens is 1. The first kappa shape index (κ1) is 14.6. The Bertz CT molecular complexity index is 872. The molecule has 2 heterocycles. The van der Waals surface area contributed by atoms with E-state index in [4.69, 9.17) is 0 Å². The Kier molecular flexibility index (Phi) is 3.78. The van der Waals surface area contributed by atoms with Crippen LogP contribution in [0.5, 0.6) is 0 Å². The van der Waals surface area contributed by atoms with Gasteiger partial charge in [-0.15, -0.1) is 0 Å². The number of nitrogens with zero attached hydrogens (tertiary/aromatic N) is 1. The van der Waals surface area contributed by atoms with Gasteiger partial charge in [-0.25, -0.2) is 4.79 Å². The first-order valence-electron chi connectivity index (χ1n) is 8.11. The van der Waals surface area contributed by atoms with E-state index < -0.39 is 0 Å². The van der Waals surface area contributed by atoms with E-state index in [0.717, 1.165) is 29.4 Å². The van der Waals surface area contributed by atoms with Crippen LogP contribution in [0, 0.1) is 0 Å². The minimum Gasteiger partial charge on any atom is -0.380 e. The minimum absolute atomic E-state index is 0.204. The molecule has 6 heteroatoms. The lowest BCUT2D eigenvalue weighted by Crippen LogP contribution is -2.40. The zero-order valence-corrected chi connectivity index (χ0v) is 13.2. The number of carbonyl (C=O) groups is 1. The second kappa shape index (κ2) is 6.23. The average molecular weight is 321 g/mol. The minimum atomic E-state index is -0.204. The van der Waals surface area contributed by atoms with Crippen molar-refractivity contribution in [2.75, 3.05) is 17.2 Å². The van der Waals surface area contributed by atoms with Gasteiger partial charge < -0.3 is 16.0 Å². The van der Waals surface area contributed by atoms with Crippen LogP contribution in [-0.4, -0.2) is 28.8 Å². The van der Waals surface area contributed by atoms with Crippen molar-refractivity contribution in [3.05, 3.63) is 54.2 Å². The number of para-hydroxylation sites is 1. The van der Waals surface area contributed by atoms with Gasteiger partial charge in [-0.3, -0.25) is 5.10 Å². The van der Waals surface area contributed by atoms with Crippen LogP contribution in [0.3, 0.4) is 0 Å². The van der Waals surface area contributed by atoms with E-state index in [2.05, 4.69) is 44.3 Å². The summed E-state index contributed by atoms with van der Waals surface area (Å²) in [5.74, 6) is 0. The molecule has 4 rings (SSSR count). The predicted molar refractivity (Wildman–Crippen MR) is 95.3 cm³/mol. The average Bonchev–Trinajstić information content (AvgIpc) is 3.10. The number of nitrogens with one attached hydrogen (secondary N) is 4. The monoisotopic (exact) mass is 321 g/mol. The second-order valence-corrected chi connectivity index (χ2v) is 6.01. The molecule has 122 valence electrons. The molecule has 0 bridgehead atoms. The van der Waals surface area contributed by atoms with Crippen LogP contribution in [0.4, 0.5) is 16.2 Å². The predicted octanol–water partition coefficient (Wildman–Crippen LogP) is 3.11. The summed E-state index contributed by atoms with van der Waals surface area (Å²) in [7, 11) is 0. The Morgan fingerprint density at radius 2 is 2.12 bits per heavy atom. The number of amides is 2. The van der Waals surface area contributed by atoms with E-state index in [1.807, 2.05) is 24.3 Å². The number of aryl methyl sites for hydroxylation is 1. The molecule has 0 saturated heterocycles. The number of anilines is 2. The summed E-state index contributed by atoms with van der Waals surface area (Å²) >= 11 is 0. The third kappa shape index (κ3) is 2.90. The summed E-state index contributed by atoms with van der Waals surface area (Å²) in [5.41, 5.74) is 4.16. The molecule has 1 aliphatic rings. The topological polar surface area (TPSA) is 81.8 Å². The lowest BCUT2D eigenvalue weighted by Gasteiger charge is -2.27. The first-order chi connectivity index (χ1) is 11.8. The van der Waals surface area contributed by atoms with Crippen LogP contribution in [0.15, 0.2) is 48.7 Å². The lowest BCUT2D eigenvalue weighted by molar-refractivity contribution is 0.251. The van der Waals surface area contributed by atoms with Gasteiger partial charge in [0, 0.05) is 23.7 Å². The number of aromatic nitrogens is 2. The van der Waals surface area contributed by atoms with Gasteiger partial charge in [0.25, 0.3) is 0 Å². The number of carbonyl (C=O) groups excluding carboxylic acids is 1. The number of fused-ring (bicyclic) bond motifs is 2. The highest BCUT2D eigenvalue weighted by molar-refractivity contribution is 6.00. The number of benzene rings is 2. The van der Waals surface area contributed by atoms with Gasteiger partial charge >= 0.3 is 6.03 Å². The smallest absolute Gasteiger partial charge is 0.319 e. The number of hydrogen-bond acceptors (Lipinski definition) is 3. The third-order valence-corrected chi connectivity index (χ3v) is 4.38. The molecule has 0 saturated carbocycles. The molecular formula is C18H19N5O. The quantitative estimate of drug-likeness (QED) is 0.598. The molecule has 1 atom stereocenters. The molecule has 0 radical (unpaired) electrons. The Morgan fingerprint density at radius 3 is 3.08 bits per heavy atom. The highest BCUT2D eigenvalue weighted by Gasteiger charge is 2.17. The van der Waals surface area contributed by atoms with E-state index in [9.17, 15) is 4.79 Å². The van der Waals surface area contributed by atoms with Crippen LogP contribution in [-0.2, 0) is 6.42 Å². The fraction of sp³-hybridized carbons (Fsp3) is 0.222. The maximum atomic E-state index is 12.2. The molecule has 0 aliphatic carbocycles. The van der Waals surface area contributed by atoms with Crippen molar-refractivity contribution in [2.24, 2.45) is 0 Å². The van der Waals surface area contributed by atoms with Gasteiger partial charge in [-0.1, -0.05) is 24.3 Å². The van der Waals surface area contributed by atoms with E-state index in [1.54, 1.807) is 6.20 Å². The number of urea groups is 1. The molecular weight excluding hydrogens is 302 g/mol. The summed E-state index contributed by atoms with van der Waals surface area (Å²) in [6, 6.07) is 14.0. The summed E-state index contributed by atoms with van der Waals surface area (Å²) in [6.07, 6.45) is 3.75. The van der Waals surface area contributed by atoms with Crippen molar-refractivity contribution < 1.29 is 4.79 Å². The Hall–Kier alpha value is -3.02. The van der Waals surface area contributed by atoms with Crippen molar-refractivity contribution in [1.82, 2.24) is 15.5 Å². The van der Waals surface area contributed by atoms with Gasteiger partial charge in [-0.2, -0.15) is 5.10 Å². The van der Waals surface area contributed by atoms with Gasteiger partial charge in [-0.05, 0) is 36.6 Å². The van der Waals surface area contributed by atoms with Gasteiger partial charge in [0.05, 0.1) is 17.4 Å². The molecule has 4 N–H and O–H groups in total. The van der Waals surface area contributed by atoms with Crippen LogP contribution < -0.4 is 16.0 Å². The summed E-state index contributed by atoms with van der Waals surface area (Å²) < 4.78 is 0. The summed E-state index contributed by atoms with van der Waals surface area (Å²) in [4.78, 5) is 12.2. The number of aromatic amines is 1. The Morgan fingerprint density at radius 1 is 1.21 bits per heavy atom. The van der Waals surface area contributed by atoms with E-state index in [-0.39, 0.29) is 12.1 Å². The molecule has 0 spiro atoms.